The summed E-state index contributed by atoms with van der Waals surface area (Å²) in [5.74, 6) is -1.20. The van der Waals surface area contributed by atoms with Crippen molar-refractivity contribution in [1.82, 2.24) is 9.62 Å². The quantitative estimate of drug-likeness (QED) is 0.543. The van der Waals surface area contributed by atoms with Crippen LogP contribution in [-0.4, -0.2) is 37.8 Å². The van der Waals surface area contributed by atoms with Crippen molar-refractivity contribution in [3.63, 3.8) is 0 Å². The van der Waals surface area contributed by atoms with Gasteiger partial charge in [0.05, 0.1) is 10.5 Å². The van der Waals surface area contributed by atoms with Crippen LogP contribution in [0.4, 0.5) is 0 Å². The van der Waals surface area contributed by atoms with Crippen molar-refractivity contribution < 1.29 is 22.7 Å². The van der Waals surface area contributed by atoms with E-state index >= 15 is 0 Å². The summed E-state index contributed by atoms with van der Waals surface area (Å²) in [6.45, 7) is 0.528. The number of nitrogens with one attached hydrogen (secondary N) is 1. The zero-order valence-electron chi connectivity index (χ0n) is 17.9. The molecule has 0 aliphatic carbocycles. The first-order valence-electron chi connectivity index (χ1n) is 10.6. The maximum atomic E-state index is 13.2. The fourth-order valence-corrected chi connectivity index (χ4v) is 5.13. The number of fused-ring (bicyclic) bond motifs is 1. The molecule has 1 heterocycles. The van der Waals surface area contributed by atoms with Crippen LogP contribution in [0, 0.1) is 0 Å². The summed E-state index contributed by atoms with van der Waals surface area (Å²) in [6, 6.07) is 22.8. The van der Waals surface area contributed by atoms with Crippen LogP contribution in [-0.2, 0) is 39.1 Å². The van der Waals surface area contributed by atoms with Gasteiger partial charge in [-0.15, -0.1) is 0 Å². The molecule has 3 aromatic carbocycles. The third kappa shape index (κ3) is 5.47. The van der Waals surface area contributed by atoms with Gasteiger partial charge in [-0.2, -0.15) is 4.31 Å². The molecule has 4 rings (SSSR count). The molecule has 170 valence electrons. The Balaban J connectivity index is 1.38. The van der Waals surface area contributed by atoms with Gasteiger partial charge in [0.25, 0.3) is 5.91 Å². The van der Waals surface area contributed by atoms with Gasteiger partial charge < -0.3 is 10.1 Å². The highest BCUT2D eigenvalue weighted by atomic mass is 32.2. The van der Waals surface area contributed by atoms with E-state index in [-0.39, 0.29) is 17.0 Å². The standard InChI is InChI=1S/C25H24N2O5S/c28-24(26-16-19-7-2-1-3-8-19)18-32-25(29)21-11-6-12-23(15-21)33(30,31)27-14-13-20-9-4-5-10-22(20)17-27/h1-12,15H,13-14,16-18H2,(H,26,28). The first kappa shape index (κ1) is 22.7. The van der Waals surface area contributed by atoms with Crippen LogP contribution < -0.4 is 5.32 Å². The minimum Gasteiger partial charge on any atom is -0.452 e. The number of hydrogen-bond donors (Lipinski definition) is 1. The van der Waals surface area contributed by atoms with Crippen LogP contribution in [0.3, 0.4) is 0 Å². The molecule has 0 atom stereocenters. The van der Waals surface area contributed by atoms with Crippen LogP contribution in [0.1, 0.15) is 27.0 Å². The summed E-state index contributed by atoms with van der Waals surface area (Å²) in [5, 5.41) is 2.67. The smallest absolute Gasteiger partial charge is 0.338 e. The molecule has 0 saturated heterocycles. The Morgan fingerprint density at radius 2 is 1.64 bits per heavy atom. The summed E-state index contributed by atoms with van der Waals surface area (Å²) in [6.07, 6.45) is 0.634. The summed E-state index contributed by atoms with van der Waals surface area (Å²) in [4.78, 5) is 24.4. The minimum absolute atomic E-state index is 0.0184. The van der Waals surface area contributed by atoms with Gasteiger partial charge in [-0.25, -0.2) is 13.2 Å². The minimum atomic E-state index is -3.79. The van der Waals surface area contributed by atoms with Gasteiger partial charge in [-0.3, -0.25) is 4.79 Å². The lowest BCUT2D eigenvalue weighted by atomic mass is 10.0. The summed E-state index contributed by atoms with van der Waals surface area (Å²) < 4.78 is 32.8. The van der Waals surface area contributed by atoms with Gasteiger partial charge in [0.2, 0.25) is 10.0 Å². The van der Waals surface area contributed by atoms with E-state index < -0.39 is 28.5 Å². The van der Waals surface area contributed by atoms with E-state index in [4.69, 9.17) is 4.74 Å². The normalized spacial score (nSPS) is 13.7. The number of nitrogens with zero attached hydrogens (tertiary/aromatic N) is 1. The maximum absolute atomic E-state index is 13.2. The van der Waals surface area contributed by atoms with Crippen LogP contribution >= 0.6 is 0 Å². The monoisotopic (exact) mass is 464 g/mol. The number of ether oxygens (including phenoxy) is 1. The topological polar surface area (TPSA) is 92.8 Å². The molecule has 0 unspecified atom stereocenters. The highest BCUT2D eigenvalue weighted by Crippen LogP contribution is 2.25. The van der Waals surface area contributed by atoms with Gasteiger partial charge in [0.15, 0.2) is 6.61 Å². The number of esters is 1. The van der Waals surface area contributed by atoms with Gasteiger partial charge in [-0.05, 0) is 41.3 Å². The second kappa shape index (κ2) is 9.97. The molecule has 0 saturated carbocycles. The lowest BCUT2D eigenvalue weighted by molar-refractivity contribution is -0.124. The van der Waals surface area contributed by atoms with E-state index in [0.717, 1.165) is 16.7 Å². The fraction of sp³-hybridized carbons (Fsp3) is 0.200. The average molecular weight is 465 g/mol. The van der Waals surface area contributed by atoms with E-state index in [9.17, 15) is 18.0 Å². The second-order valence-corrected chi connectivity index (χ2v) is 9.66. The van der Waals surface area contributed by atoms with Crippen molar-refractivity contribution in [2.45, 2.75) is 24.4 Å². The van der Waals surface area contributed by atoms with Gasteiger partial charge in [0, 0.05) is 19.6 Å². The maximum Gasteiger partial charge on any atom is 0.338 e. The summed E-state index contributed by atoms with van der Waals surface area (Å²) in [7, 11) is -3.79. The number of carbonyl (C=O) groups is 2. The zero-order chi connectivity index (χ0) is 23.3. The highest BCUT2D eigenvalue weighted by Gasteiger charge is 2.28. The number of sulfonamides is 1. The van der Waals surface area contributed by atoms with E-state index in [2.05, 4.69) is 5.32 Å². The van der Waals surface area contributed by atoms with Gasteiger partial charge in [0.1, 0.15) is 0 Å². The highest BCUT2D eigenvalue weighted by molar-refractivity contribution is 7.89. The number of rotatable bonds is 7. The van der Waals surface area contributed by atoms with E-state index in [0.29, 0.717) is 19.5 Å². The lowest BCUT2D eigenvalue weighted by Gasteiger charge is -2.28. The van der Waals surface area contributed by atoms with E-state index in [1.807, 2.05) is 54.6 Å². The number of hydrogen-bond acceptors (Lipinski definition) is 5. The third-order valence-electron chi connectivity index (χ3n) is 5.47. The third-order valence-corrected chi connectivity index (χ3v) is 7.31. The molecular weight excluding hydrogens is 440 g/mol. The molecule has 0 spiro atoms. The Hall–Kier alpha value is -3.49. The van der Waals surface area contributed by atoms with Crippen molar-refractivity contribution >= 4 is 21.9 Å². The molecule has 0 radical (unpaired) electrons. The number of carbonyl (C=O) groups excluding carboxylic acids is 2. The van der Waals surface area contributed by atoms with E-state index in [1.54, 1.807) is 0 Å². The molecule has 1 amide bonds. The average Bonchev–Trinajstić information content (AvgIpc) is 2.86. The van der Waals surface area contributed by atoms with Gasteiger partial charge in [-0.1, -0.05) is 60.7 Å². The lowest BCUT2D eigenvalue weighted by Crippen LogP contribution is -2.36. The molecule has 8 heteroatoms. The molecule has 3 aromatic rings. The van der Waals surface area contributed by atoms with Crippen LogP contribution in [0.5, 0.6) is 0 Å². The first-order chi connectivity index (χ1) is 15.9. The Labute approximate surface area is 193 Å². The van der Waals surface area contributed by atoms with Crippen molar-refractivity contribution in [2.75, 3.05) is 13.2 Å². The Bertz CT molecular complexity index is 1260. The predicted molar refractivity (Wildman–Crippen MR) is 123 cm³/mol. The molecule has 1 N–H and O–H groups in total. The van der Waals surface area contributed by atoms with Crippen molar-refractivity contribution in [3.8, 4) is 0 Å². The van der Waals surface area contributed by atoms with Crippen LogP contribution in [0.25, 0.3) is 0 Å². The number of amides is 1. The SMILES string of the molecule is O=C(COC(=O)c1cccc(S(=O)(=O)N2CCc3ccccc3C2)c1)NCc1ccccc1. The zero-order valence-corrected chi connectivity index (χ0v) is 18.8. The molecule has 0 aromatic heterocycles. The number of benzene rings is 3. The van der Waals surface area contributed by atoms with E-state index in [1.165, 1.54) is 28.6 Å². The largest absolute Gasteiger partial charge is 0.452 e. The predicted octanol–water partition coefficient (Wildman–Crippen LogP) is 2.91. The first-order valence-corrected chi connectivity index (χ1v) is 12.0. The molecule has 0 fully saturated rings. The van der Waals surface area contributed by atoms with Crippen molar-refractivity contribution in [1.29, 1.82) is 0 Å². The second-order valence-electron chi connectivity index (χ2n) is 7.72. The van der Waals surface area contributed by atoms with Crippen molar-refractivity contribution in [3.05, 3.63) is 101 Å². The molecule has 33 heavy (non-hydrogen) atoms. The Morgan fingerprint density at radius 1 is 0.909 bits per heavy atom. The molecular formula is C25H24N2O5S. The van der Waals surface area contributed by atoms with Gasteiger partial charge >= 0.3 is 5.97 Å². The van der Waals surface area contributed by atoms with Crippen LogP contribution in [0.2, 0.25) is 0 Å². The van der Waals surface area contributed by atoms with Crippen molar-refractivity contribution in [2.24, 2.45) is 0 Å². The molecule has 1 aliphatic heterocycles. The molecule has 1 aliphatic rings. The molecule has 7 nitrogen and oxygen atoms in total. The Kier molecular flexibility index (Phi) is 6.86. The Morgan fingerprint density at radius 3 is 2.42 bits per heavy atom. The fourth-order valence-electron chi connectivity index (χ4n) is 3.67. The van der Waals surface area contributed by atoms with Crippen LogP contribution in [0.15, 0.2) is 83.8 Å². The summed E-state index contributed by atoms with van der Waals surface area (Å²) in [5.41, 5.74) is 3.12. The summed E-state index contributed by atoms with van der Waals surface area (Å²) >= 11 is 0. The molecule has 0 bridgehead atoms.